The number of likely N-dealkylation sites (tertiary alicyclic amines) is 2. The third-order valence-electron chi connectivity index (χ3n) is 14.4. The molecule has 4 N–H and O–H groups in total. The summed E-state index contributed by atoms with van der Waals surface area (Å²) in [5.41, 5.74) is 4.59. The van der Waals surface area contributed by atoms with E-state index in [0.717, 1.165) is 64.1 Å². The van der Waals surface area contributed by atoms with Crippen LogP contribution in [0.25, 0.3) is 44.7 Å². The fraction of sp³-hybridized carbons (Fsp3) is 0.471. The normalized spacial score (nSPS) is 19.9. The summed E-state index contributed by atoms with van der Waals surface area (Å²) in [4.78, 5) is 77.7. The molecule has 2 saturated heterocycles. The van der Waals surface area contributed by atoms with Gasteiger partial charge in [0.1, 0.15) is 35.3 Å². The standard InChI is InChI=1S/C51H59FN10O7S/c1-26(2)42(58-50(65)67-5)47(63)60-17-9-13-36(60)44-53-23-33(56-44)29-15-16-35-31(19-29)21-38-41-32(52)20-30(22-39(41)69-49(62(35)38)40-25-55-46(70-40)28-11-7-8-12-28)34-24-54-45(57-34)37-14-10-18-61(37)48(64)43(27(3)4)59-51(66)68-6/h15-16,19-28,36-37,42-43,49H,7-14,17-18H2,1-6H3,(H,53,56)(H,54,57)(H,58,65)(H,59,66)/t36-,37-,42-,43-,49?/m0/s1. The van der Waals surface area contributed by atoms with Gasteiger partial charge in [0.25, 0.3) is 0 Å². The molecule has 0 radical (unpaired) electrons. The lowest BCUT2D eigenvalue weighted by Gasteiger charge is -2.30. The number of alkyl carbamates (subject to hydrolysis) is 2. The minimum absolute atomic E-state index is 0.154. The Morgan fingerprint density at radius 3 is 1.90 bits per heavy atom. The molecule has 1 aliphatic carbocycles. The van der Waals surface area contributed by atoms with Gasteiger partial charge < -0.3 is 44.6 Å². The number of ether oxygens (including phenoxy) is 3. The lowest BCUT2D eigenvalue weighted by Crippen LogP contribution is -2.51. The van der Waals surface area contributed by atoms with Crippen LogP contribution in [0, 0.1) is 17.7 Å². The molecule has 2 aromatic carbocycles. The summed E-state index contributed by atoms with van der Waals surface area (Å²) in [7, 11) is 2.55. The zero-order valence-corrected chi connectivity index (χ0v) is 41.0. The number of amides is 4. The van der Waals surface area contributed by atoms with Gasteiger partial charge in [0, 0.05) is 41.7 Å². The van der Waals surface area contributed by atoms with E-state index in [0.29, 0.717) is 65.3 Å². The zero-order valence-electron chi connectivity index (χ0n) is 40.2. The van der Waals surface area contributed by atoms with Gasteiger partial charge in [-0.1, -0.05) is 46.6 Å². The topological polar surface area (TPSA) is 202 Å². The molecule has 1 saturated carbocycles. The Hall–Kier alpha value is -6.76. The van der Waals surface area contributed by atoms with E-state index in [1.165, 1.54) is 33.1 Å². The van der Waals surface area contributed by atoms with Crippen LogP contribution in [0.4, 0.5) is 14.0 Å². The number of benzene rings is 2. The fourth-order valence-electron chi connectivity index (χ4n) is 10.8. The predicted octanol–water partition coefficient (Wildman–Crippen LogP) is 9.37. The number of fused-ring (bicyclic) bond motifs is 5. The van der Waals surface area contributed by atoms with Gasteiger partial charge in [-0.15, -0.1) is 11.3 Å². The lowest BCUT2D eigenvalue weighted by molar-refractivity contribution is -0.136. The molecule has 4 aromatic heterocycles. The number of nitrogens with one attached hydrogen (secondary N) is 4. The molecule has 3 fully saturated rings. The molecule has 7 heterocycles. The van der Waals surface area contributed by atoms with Crippen molar-refractivity contribution >= 4 is 46.2 Å². The van der Waals surface area contributed by atoms with Gasteiger partial charge in [0.15, 0.2) is 0 Å². The van der Waals surface area contributed by atoms with Crippen molar-refractivity contribution in [1.29, 1.82) is 0 Å². The van der Waals surface area contributed by atoms with Crippen LogP contribution >= 0.6 is 11.3 Å². The Bertz CT molecular complexity index is 2950. The third kappa shape index (κ3) is 8.65. The van der Waals surface area contributed by atoms with E-state index in [2.05, 4.69) is 31.2 Å². The van der Waals surface area contributed by atoms with E-state index in [1.54, 1.807) is 33.5 Å². The largest absolute Gasteiger partial charge is 0.464 e. The smallest absolute Gasteiger partial charge is 0.407 e. The molecule has 19 heteroatoms. The second-order valence-corrected chi connectivity index (χ2v) is 20.6. The molecule has 17 nitrogen and oxygen atoms in total. The molecular formula is C51H59FN10O7S. The van der Waals surface area contributed by atoms with Crippen LogP contribution in [0.15, 0.2) is 55.0 Å². The minimum atomic E-state index is -0.773. The Morgan fingerprint density at radius 2 is 1.33 bits per heavy atom. The Labute approximate surface area is 408 Å². The highest BCUT2D eigenvalue weighted by atomic mass is 32.1. The number of nitrogens with zero attached hydrogens (tertiary/aromatic N) is 6. The number of thiazole rings is 1. The summed E-state index contributed by atoms with van der Waals surface area (Å²) in [6.45, 7) is 8.57. The molecule has 0 bridgehead atoms. The van der Waals surface area contributed by atoms with E-state index >= 15 is 4.39 Å². The monoisotopic (exact) mass is 974 g/mol. The summed E-state index contributed by atoms with van der Waals surface area (Å²) in [6.07, 6.45) is 10.9. The van der Waals surface area contributed by atoms with Crippen molar-refractivity contribution in [2.75, 3.05) is 27.3 Å². The van der Waals surface area contributed by atoms with Crippen molar-refractivity contribution in [3.05, 3.63) is 82.3 Å². The maximum atomic E-state index is 17.0. The molecule has 70 heavy (non-hydrogen) atoms. The fourth-order valence-corrected chi connectivity index (χ4v) is 11.9. The number of halogens is 1. The molecule has 3 aliphatic heterocycles. The van der Waals surface area contributed by atoms with Gasteiger partial charge in [0.2, 0.25) is 18.0 Å². The summed E-state index contributed by atoms with van der Waals surface area (Å²) >= 11 is 1.65. The molecule has 4 aliphatic rings. The number of H-pyrrole nitrogens is 2. The molecule has 368 valence electrons. The number of hydrogen-bond donors (Lipinski definition) is 4. The van der Waals surface area contributed by atoms with Gasteiger partial charge in [-0.25, -0.2) is 28.9 Å². The summed E-state index contributed by atoms with van der Waals surface area (Å²) < 4.78 is 35.6. The summed E-state index contributed by atoms with van der Waals surface area (Å²) in [6, 6.07) is 9.26. The second kappa shape index (κ2) is 19.2. The molecule has 4 amide bonds. The number of methoxy groups -OCH3 is 2. The maximum absolute atomic E-state index is 17.0. The molecule has 1 unspecified atom stereocenters. The number of aromatic nitrogens is 6. The Morgan fingerprint density at radius 1 is 0.743 bits per heavy atom. The minimum Gasteiger partial charge on any atom is -0.464 e. The van der Waals surface area contributed by atoms with Crippen LogP contribution in [-0.2, 0) is 19.1 Å². The van der Waals surface area contributed by atoms with E-state index in [4.69, 9.17) is 29.2 Å². The maximum Gasteiger partial charge on any atom is 0.407 e. The highest BCUT2D eigenvalue weighted by Crippen LogP contribution is 2.49. The quantitative estimate of drug-likeness (QED) is 0.0916. The van der Waals surface area contributed by atoms with Crippen LogP contribution in [0.5, 0.6) is 5.75 Å². The number of carbonyl (C=O) groups excluding carboxylic acids is 4. The summed E-state index contributed by atoms with van der Waals surface area (Å²) in [5.74, 6) is 0.824. The number of hydrogen-bond acceptors (Lipinski definition) is 11. The second-order valence-electron chi connectivity index (χ2n) is 19.5. The van der Waals surface area contributed by atoms with Crippen LogP contribution < -0.4 is 15.4 Å². The van der Waals surface area contributed by atoms with E-state index in [9.17, 15) is 19.2 Å². The number of aromatic amines is 2. The average Bonchev–Trinajstić information content (AvgIpc) is 4.20. The van der Waals surface area contributed by atoms with Crippen LogP contribution in [0.3, 0.4) is 0 Å². The van der Waals surface area contributed by atoms with E-state index in [-0.39, 0.29) is 35.7 Å². The number of imidazole rings is 2. The van der Waals surface area contributed by atoms with Crippen molar-refractivity contribution in [3.8, 4) is 39.5 Å². The molecule has 5 atom stereocenters. The van der Waals surface area contributed by atoms with E-state index < -0.39 is 36.3 Å². The van der Waals surface area contributed by atoms with Crippen molar-refractivity contribution in [2.45, 2.75) is 115 Å². The van der Waals surface area contributed by atoms with Gasteiger partial charge in [-0.2, -0.15) is 0 Å². The molecular weight excluding hydrogens is 916 g/mol. The number of rotatable bonds is 12. The first-order valence-corrected chi connectivity index (χ1v) is 25.1. The van der Waals surface area contributed by atoms with Crippen molar-refractivity contribution in [1.82, 2.24) is 49.9 Å². The lowest BCUT2D eigenvalue weighted by atomic mass is 10.0. The third-order valence-corrected chi connectivity index (χ3v) is 15.6. The molecule has 10 rings (SSSR count). The van der Waals surface area contributed by atoms with Crippen LogP contribution in [-0.4, -0.2) is 103 Å². The SMILES string of the molecule is COC(=O)N[C@H](C(=O)N1CCC[C@H]1c1ncc(-c2cc(F)c3c(c2)OC(c2cnc(C4CCCC4)s2)n2c-3cc3cc(-c4cnc([C@@H]5CCCN5C(=O)[C@@H](NC(=O)OC)C(C)C)[nH]4)ccc32)[nH]1)C(C)C. The first-order chi connectivity index (χ1) is 33.8. The molecule has 6 aromatic rings. The first kappa shape index (κ1) is 46.9. The van der Waals surface area contributed by atoms with Crippen molar-refractivity contribution in [3.63, 3.8) is 0 Å². The van der Waals surface area contributed by atoms with Gasteiger partial charge in [0.05, 0.1) is 76.7 Å². The number of carbonyl (C=O) groups is 4. The average molecular weight is 975 g/mol. The zero-order chi connectivity index (χ0) is 49.0. The van der Waals surface area contributed by atoms with Gasteiger partial charge in [-0.05, 0) is 80.7 Å². The van der Waals surface area contributed by atoms with Crippen molar-refractivity contribution < 1.29 is 37.8 Å². The van der Waals surface area contributed by atoms with Crippen molar-refractivity contribution in [2.24, 2.45) is 11.8 Å². The predicted molar refractivity (Wildman–Crippen MR) is 260 cm³/mol. The first-order valence-electron chi connectivity index (χ1n) is 24.3. The summed E-state index contributed by atoms with van der Waals surface area (Å²) in [5, 5.41) is 7.36. The highest BCUT2D eigenvalue weighted by molar-refractivity contribution is 7.11. The van der Waals surface area contributed by atoms with Crippen LogP contribution in [0.2, 0.25) is 0 Å². The van der Waals surface area contributed by atoms with E-state index in [1.807, 2.05) is 58.2 Å². The van der Waals surface area contributed by atoms with Gasteiger partial charge >= 0.3 is 12.2 Å². The van der Waals surface area contributed by atoms with Gasteiger partial charge in [-0.3, -0.25) is 14.2 Å². The molecule has 0 spiro atoms. The Kier molecular flexibility index (Phi) is 12.9. The van der Waals surface area contributed by atoms with Crippen LogP contribution in [0.1, 0.15) is 125 Å². The Balaban J connectivity index is 0.973. The highest BCUT2D eigenvalue weighted by Gasteiger charge is 2.40.